The normalized spacial score (nSPS) is 13.9. The second-order valence-electron chi connectivity index (χ2n) is 6.50. The topological polar surface area (TPSA) is 89.7 Å². The predicted octanol–water partition coefficient (Wildman–Crippen LogP) is 3.11. The van der Waals surface area contributed by atoms with Crippen molar-refractivity contribution in [2.24, 2.45) is 5.92 Å². The maximum absolute atomic E-state index is 12.3. The molecule has 1 unspecified atom stereocenters. The van der Waals surface area contributed by atoms with E-state index < -0.39 is 11.9 Å². The van der Waals surface area contributed by atoms with Gasteiger partial charge in [0, 0.05) is 6.20 Å². The van der Waals surface area contributed by atoms with Crippen molar-refractivity contribution in [3.05, 3.63) is 46.7 Å². The van der Waals surface area contributed by atoms with Crippen LogP contribution in [0.3, 0.4) is 0 Å². The number of carbonyl (C=O) groups is 2. The highest BCUT2D eigenvalue weighted by molar-refractivity contribution is 6.30. The van der Waals surface area contributed by atoms with E-state index in [1.54, 1.807) is 0 Å². The van der Waals surface area contributed by atoms with Gasteiger partial charge in [0.25, 0.3) is 5.91 Å². The molecule has 1 atom stereocenters. The first-order chi connectivity index (χ1) is 12.9. The number of rotatable bonds is 6. The lowest BCUT2D eigenvalue weighted by atomic mass is 9.95. The van der Waals surface area contributed by atoms with Crippen LogP contribution in [0, 0.1) is 5.92 Å². The molecule has 27 heavy (non-hydrogen) atoms. The summed E-state index contributed by atoms with van der Waals surface area (Å²) in [5, 5.41) is 3.30. The van der Waals surface area contributed by atoms with E-state index in [-0.39, 0.29) is 24.3 Å². The van der Waals surface area contributed by atoms with Gasteiger partial charge in [-0.2, -0.15) is 0 Å². The summed E-state index contributed by atoms with van der Waals surface area (Å²) in [4.78, 5) is 26.8. The van der Waals surface area contributed by atoms with Gasteiger partial charge in [-0.15, -0.1) is 0 Å². The Morgan fingerprint density at radius 3 is 2.63 bits per heavy atom. The molecular formula is C19H21ClN2O5. The van der Waals surface area contributed by atoms with E-state index in [9.17, 15) is 9.59 Å². The molecule has 3 rings (SSSR count). The van der Waals surface area contributed by atoms with Gasteiger partial charge in [-0.05, 0) is 29.7 Å². The van der Waals surface area contributed by atoms with E-state index >= 15 is 0 Å². The molecule has 2 N–H and O–H groups in total. The van der Waals surface area contributed by atoms with E-state index in [2.05, 4.69) is 10.3 Å². The van der Waals surface area contributed by atoms with Gasteiger partial charge in [-0.3, -0.25) is 4.79 Å². The largest absolute Gasteiger partial charge is 0.486 e. The van der Waals surface area contributed by atoms with Crippen molar-refractivity contribution < 1.29 is 23.8 Å². The average molecular weight is 393 g/mol. The fraction of sp³-hybridized carbons (Fsp3) is 0.368. The van der Waals surface area contributed by atoms with Crippen molar-refractivity contribution in [1.29, 1.82) is 0 Å². The third kappa shape index (κ3) is 4.74. The molecule has 1 aromatic carbocycles. The first-order valence-corrected chi connectivity index (χ1v) is 9.02. The Bertz CT molecular complexity index is 833. The minimum Gasteiger partial charge on any atom is -0.486 e. The Hall–Kier alpha value is -2.67. The van der Waals surface area contributed by atoms with Gasteiger partial charge < -0.3 is 24.5 Å². The van der Waals surface area contributed by atoms with Crippen LogP contribution in [0.1, 0.15) is 35.9 Å². The molecule has 2 aromatic rings. The molecule has 0 spiro atoms. The number of H-pyrrole nitrogens is 1. The molecule has 1 amide bonds. The molecular weight excluding hydrogens is 372 g/mol. The van der Waals surface area contributed by atoms with E-state index in [1.807, 2.05) is 32.0 Å². The lowest BCUT2D eigenvalue weighted by Gasteiger charge is -2.25. The fourth-order valence-corrected chi connectivity index (χ4v) is 2.96. The van der Waals surface area contributed by atoms with Gasteiger partial charge in [0.2, 0.25) is 0 Å². The Balaban J connectivity index is 1.62. The number of hydrogen-bond donors (Lipinski definition) is 2. The van der Waals surface area contributed by atoms with Gasteiger partial charge in [0.05, 0.1) is 11.1 Å². The minimum absolute atomic E-state index is 0.120. The van der Waals surface area contributed by atoms with E-state index in [0.717, 1.165) is 5.56 Å². The summed E-state index contributed by atoms with van der Waals surface area (Å²) in [5.41, 5.74) is 1.09. The first kappa shape index (κ1) is 19.1. The molecule has 1 aromatic heterocycles. The standard InChI is InChI=1S/C19H21ClN2O5/c1-11(2)18(12-3-4-15-16(7-12)26-6-5-25-15)22-17(23)10-27-19(24)14-8-13(20)9-21-14/h3-4,7-9,11,18,21H,5-6,10H2,1-2H3,(H,22,23). The Kier molecular flexibility index (Phi) is 5.91. The van der Waals surface area contributed by atoms with Crippen molar-refractivity contribution in [2.75, 3.05) is 19.8 Å². The second-order valence-corrected chi connectivity index (χ2v) is 6.94. The number of amides is 1. The van der Waals surface area contributed by atoms with Crippen LogP contribution in [-0.4, -0.2) is 36.7 Å². The molecule has 1 aliphatic heterocycles. The number of aromatic amines is 1. The summed E-state index contributed by atoms with van der Waals surface area (Å²) in [6.07, 6.45) is 1.47. The average Bonchev–Trinajstić information content (AvgIpc) is 3.10. The molecule has 0 aliphatic carbocycles. The summed E-state index contributed by atoms with van der Waals surface area (Å²) in [6.45, 7) is 4.62. The zero-order chi connectivity index (χ0) is 19.4. The van der Waals surface area contributed by atoms with Crippen LogP contribution < -0.4 is 14.8 Å². The highest BCUT2D eigenvalue weighted by Gasteiger charge is 2.22. The Labute approximate surface area is 161 Å². The maximum atomic E-state index is 12.3. The molecule has 0 radical (unpaired) electrons. The van der Waals surface area contributed by atoms with Crippen molar-refractivity contribution in [3.8, 4) is 11.5 Å². The van der Waals surface area contributed by atoms with E-state index in [4.69, 9.17) is 25.8 Å². The van der Waals surface area contributed by atoms with Crippen molar-refractivity contribution >= 4 is 23.5 Å². The number of benzene rings is 1. The highest BCUT2D eigenvalue weighted by atomic mass is 35.5. The van der Waals surface area contributed by atoms with E-state index in [0.29, 0.717) is 29.7 Å². The molecule has 0 fully saturated rings. The summed E-state index contributed by atoms with van der Waals surface area (Å²) >= 11 is 5.75. The molecule has 8 heteroatoms. The SMILES string of the molecule is CC(C)C(NC(=O)COC(=O)c1cc(Cl)c[nH]1)c1ccc2c(c1)OCCO2. The van der Waals surface area contributed by atoms with Crippen molar-refractivity contribution in [1.82, 2.24) is 10.3 Å². The molecule has 0 saturated heterocycles. The predicted molar refractivity (Wildman–Crippen MR) is 99.2 cm³/mol. The van der Waals surface area contributed by atoms with Gasteiger partial charge in [0.1, 0.15) is 18.9 Å². The number of halogens is 1. The quantitative estimate of drug-likeness (QED) is 0.737. The summed E-state index contributed by atoms with van der Waals surface area (Å²) < 4.78 is 16.2. The van der Waals surface area contributed by atoms with Crippen LogP contribution >= 0.6 is 11.6 Å². The first-order valence-electron chi connectivity index (χ1n) is 8.64. The van der Waals surface area contributed by atoms with Gasteiger partial charge in [-0.1, -0.05) is 31.5 Å². The van der Waals surface area contributed by atoms with Crippen LogP contribution in [0.15, 0.2) is 30.5 Å². The number of esters is 1. The third-order valence-electron chi connectivity index (χ3n) is 4.11. The van der Waals surface area contributed by atoms with Crippen LogP contribution in [0.5, 0.6) is 11.5 Å². The van der Waals surface area contributed by atoms with Gasteiger partial charge in [0.15, 0.2) is 18.1 Å². The molecule has 0 saturated carbocycles. The number of carbonyl (C=O) groups excluding carboxylic acids is 2. The van der Waals surface area contributed by atoms with Crippen molar-refractivity contribution in [3.63, 3.8) is 0 Å². The number of hydrogen-bond acceptors (Lipinski definition) is 5. The minimum atomic E-state index is -0.641. The van der Waals surface area contributed by atoms with Crippen LogP contribution in [0.4, 0.5) is 0 Å². The van der Waals surface area contributed by atoms with E-state index in [1.165, 1.54) is 12.3 Å². The molecule has 1 aliphatic rings. The Morgan fingerprint density at radius 2 is 1.96 bits per heavy atom. The smallest absolute Gasteiger partial charge is 0.355 e. The lowest BCUT2D eigenvalue weighted by Crippen LogP contribution is -2.35. The molecule has 2 heterocycles. The monoisotopic (exact) mass is 392 g/mol. The number of aromatic nitrogens is 1. The fourth-order valence-electron chi connectivity index (χ4n) is 2.80. The zero-order valence-electron chi connectivity index (χ0n) is 15.1. The Morgan fingerprint density at radius 1 is 1.22 bits per heavy atom. The highest BCUT2D eigenvalue weighted by Crippen LogP contribution is 2.34. The van der Waals surface area contributed by atoms with Gasteiger partial charge >= 0.3 is 5.97 Å². The maximum Gasteiger partial charge on any atom is 0.355 e. The summed E-state index contributed by atoms with van der Waals surface area (Å²) in [5.74, 6) is 0.438. The zero-order valence-corrected chi connectivity index (χ0v) is 15.8. The van der Waals surface area contributed by atoms with Gasteiger partial charge in [-0.25, -0.2) is 4.79 Å². The second kappa shape index (κ2) is 8.35. The number of nitrogens with one attached hydrogen (secondary N) is 2. The molecule has 0 bridgehead atoms. The molecule has 144 valence electrons. The van der Waals surface area contributed by atoms with Crippen LogP contribution in [0.25, 0.3) is 0 Å². The number of fused-ring (bicyclic) bond motifs is 1. The van der Waals surface area contributed by atoms with Crippen LogP contribution in [0.2, 0.25) is 5.02 Å². The number of ether oxygens (including phenoxy) is 3. The molecule has 7 nitrogen and oxygen atoms in total. The van der Waals surface area contributed by atoms with Crippen LogP contribution in [-0.2, 0) is 9.53 Å². The van der Waals surface area contributed by atoms with Crippen molar-refractivity contribution in [2.45, 2.75) is 19.9 Å². The summed E-state index contributed by atoms with van der Waals surface area (Å²) in [7, 11) is 0. The summed E-state index contributed by atoms with van der Waals surface area (Å²) in [6, 6.07) is 6.78. The lowest BCUT2D eigenvalue weighted by molar-refractivity contribution is -0.125. The third-order valence-corrected chi connectivity index (χ3v) is 4.33.